The summed E-state index contributed by atoms with van der Waals surface area (Å²) in [6.07, 6.45) is 0.0755. The van der Waals surface area contributed by atoms with Crippen LogP contribution in [0.4, 0.5) is 0 Å². The summed E-state index contributed by atoms with van der Waals surface area (Å²) in [7, 11) is 0. The SMILES string of the molecule is Cc1nc2ccc(Cl)cc2c(-c2ccccc2)c1C1=NN(C(=O)CCC(=O)O)C(c2cccc(Br)c2)C1. The molecule has 8 heteroatoms. The highest BCUT2D eigenvalue weighted by molar-refractivity contribution is 9.10. The number of aliphatic carboxylic acids is 1. The lowest BCUT2D eigenvalue weighted by Gasteiger charge is -2.22. The number of carboxylic acids is 1. The Labute approximate surface area is 227 Å². The molecule has 3 aromatic carbocycles. The number of hydrogen-bond donors (Lipinski definition) is 1. The second-order valence-electron chi connectivity index (χ2n) is 8.93. The number of pyridine rings is 1. The molecule has 186 valence electrons. The van der Waals surface area contributed by atoms with E-state index in [9.17, 15) is 9.59 Å². The van der Waals surface area contributed by atoms with E-state index < -0.39 is 5.97 Å². The van der Waals surface area contributed by atoms with Crippen LogP contribution in [0.3, 0.4) is 0 Å². The normalized spacial score (nSPS) is 15.2. The first-order valence-corrected chi connectivity index (χ1v) is 13.0. The summed E-state index contributed by atoms with van der Waals surface area (Å²) in [6, 6.07) is 23.0. The van der Waals surface area contributed by atoms with Crippen molar-refractivity contribution in [1.82, 2.24) is 9.99 Å². The predicted molar refractivity (Wildman–Crippen MR) is 149 cm³/mol. The number of amides is 1. The fraction of sp³-hybridized carbons (Fsp3) is 0.172. The Morgan fingerprint density at radius 3 is 2.54 bits per heavy atom. The lowest BCUT2D eigenvalue weighted by Crippen LogP contribution is -2.27. The molecule has 6 nitrogen and oxygen atoms in total. The van der Waals surface area contributed by atoms with Crippen LogP contribution >= 0.6 is 27.5 Å². The van der Waals surface area contributed by atoms with E-state index in [1.807, 2.05) is 79.7 Å². The largest absolute Gasteiger partial charge is 0.481 e. The maximum atomic E-state index is 13.2. The molecule has 0 aliphatic carbocycles. The van der Waals surface area contributed by atoms with Crippen LogP contribution in [0.25, 0.3) is 22.0 Å². The Bertz CT molecular complexity index is 1560. The van der Waals surface area contributed by atoms with Crippen LogP contribution in [-0.4, -0.2) is 32.7 Å². The summed E-state index contributed by atoms with van der Waals surface area (Å²) in [5.74, 6) is -1.35. The van der Waals surface area contributed by atoms with Gasteiger partial charge in [0.25, 0.3) is 0 Å². The average molecular weight is 577 g/mol. The predicted octanol–water partition coefficient (Wildman–Crippen LogP) is 7.17. The second kappa shape index (κ2) is 10.4. The summed E-state index contributed by atoms with van der Waals surface area (Å²) in [6.45, 7) is 1.95. The van der Waals surface area contributed by atoms with E-state index >= 15 is 0 Å². The molecule has 2 heterocycles. The van der Waals surface area contributed by atoms with Gasteiger partial charge in [0.1, 0.15) is 0 Å². The molecule has 1 amide bonds. The number of hydrogen-bond acceptors (Lipinski definition) is 4. The number of carboxylic acid groups (broad SMARTS) is 1. The van der Waals surface area contributed by atoms with Crippen LogP contribution in [0.2, 0.25) is 5.02 Å². The summed E-state index contributed by atoms with van der Waals surface area (Å²) in [4.78, 5) is 29.2. The van der Waals surface area contributed by atoms with Crippen LogP contribution in [0.5, 0.6) is 0 Å². The molecule has 0 radical (unpaired) electrons. The standard InChI is InChI=1S/C29H23BrClN3O3/c1-17-28(29(18-6-3-2-4-7-18)22-15-21(31)10-11-23(22)32-17)24-16-25(19-8-5-9-20(30)14-19)34(33-24)26(35)12-13-27(36)37/h2-11,14-15,25H,12-13,16H2,1H3,(H,36,37). The number of aromatic nitrogens is 1. The first kappa shape index (κ1) is 25.1. The van der Waals surface area contributed by atoms with E-state index in [0.717, 1.165) is 49.0 Å². The van der Waals surface area contributed by atoms with Crippen molar-refractivity contribution < 1.29 is 14.7 Å². The molecular formula is C29H23BrClN3O3. The minimum absolute atomic E-state index is 0.132. The van der Waals surface area contributed by atoms with Gasteiger partial charge < -0.3 is 5.11 Å². The zero-order valence-electron chi connectivity index (χ0n) is 20.0. The van der Waals surface area contributed by atoms with Gasteiger partial charge in [-0.3, -0.25) is 14.6 Å². The van der Waals surface area contributed by atoms with E-state index in [0.29, 0.717) is 11.4 Å². The molecule has 0 fully saturated rings. The molecule has 0 saturated carbocycles. The van der Waals surface area contributed by atoms with E-state index in [4.69, 9.17) is 26.8 Å². The van der Waals surface area contributed by atoms with Gasteiger partial charge in [0, 0.05) is 44.5 Å². The summed E-state index contributed by atoms with van der Waals surface area (Å²) >= 11 is 9.93. The molecule has 1 aromatic heterocycles. The number of rotatable bonds is 6. The van der Waals surface area contributed by atoms with Crippen molar-refractivity contribution in [2.24, 2.45) is 5.10 Å². The van der Waals surface area contributed by atoms with Gasteiger partial charge in [0.2, 0.25) is 5.91 Å². The van der Waals surface area contributed by atoms with E-state index in [1.165, 1.54) is 5.01 Å². The molecular weight excluding hydrogens is 554 g/mol. The average Bonchev–Trinajstić information content (AvgIpc) is 3.32. The van der Waals surface area contributed by atoms with Crippen molar-refractivity contribution in [2.45, 2.75) is 32.2 Å². The molecule has 0 spiro atoms. The lowest BCUT2D eigenvalue weighted by molar-refractivity contribution is -0.141. The Balaban J connectivity index is 1.69. The fourth-order valence-electron chi connectivity index (χ4n) is 4.81. The number of carbonyl (C=O) groups is 2. The van der Waals surface area contributed by atoms with Crippen LogP contribution in [0.15, 0.2) is 82.4 Å². The highest BCUT2D eigenvalue weighted by Crippen LogP contribution is 2.40. The van der Waals surface area contributed by atoms with Gasteiger partial charge >= 0.3 is 5.97 Å². The van der Waals surface area contributed by atoms with Crippen LogP contribution in [0.1, 0.15) is 42.1 Å². The van der Waals surface area contributed by atoms with Gasteiger partial charge in [0.15, 0.2) is 0 Å². The minimum Gasteiger partial charge on any atom is -0.481 e. The number of aryl methyl sites for hydroxylation is 1. The highest BCUT2D eigenvalue weighted by atomic mass is 79.9. The van der Waals surface area contributed by atoms with Crippen molar-refractivity contribution in [3.63, 3.8) is 0 Å². The maximum Gasteiger partial charge on any atom is 0.303 e. The third-order valence-electron chi connectivity index (χ3n) is 6.43. The lowest BCUT2D eigenvalue weighted by atomic mass is 9.89. The molecule has 0 bridgehead atoms. The molecule has 5 rings (SSSR count). The number of benzene rings is 3. The fourth-order valence-corrected chi connectivity index (χ4v) is 5.40. The zero-order chi connectivity index (χ0) is 26.1. The summed E-state index contributed by atoms with van der Waals surface area (Å²) < 4.78 is 0.888. The van der Waals surface area contributed by atoms with Crippen LogP contribution < -0.4 is 0 Å². The van der Waals surface area contributed by atoms with Gasteiger partial charge in [-0.05, 0) is 48.4 Å². The number of carbonyl (C=O) groups excluding carboxylic acids is 1. The molecule has 4 aromatic rings. The Morgan fingerprint density at radius 2 is 1.81 bits per heavy atom. The van der Waals surface area contributed by atoms with E-state index in [1.54, 1.807) is 0 Å². The van der Waals surface area contributed by atoms with Crippen LogP contribution in [0, 0.1) is 6.92 Å². The molecule has 0 saturated heterocycles. The quantitative estimate of drug-likeness (QED) is 0.264. The van der Waals surface area contributed by atoms with Gasteiger partial charge in [-0.2, -0.15) is 5.10 Å². The first-order chi connectivity index (χ1) is 17.8. The van der Waals surface area contributed by atoms with E-state index in [-0.39, 0.29) is 24.8 Å². The summed E-state index contributed by atoms with van der Waals surface area (Å²) in [5, 5.41) is 16.9. The molecule has 37 heavy (non-hydrogen) atoms. The van der Waals surface area contributed by atoms with Crippen molar-refractivity contribution in [2.75, 3.05) is 0 Å². The number of nitrogens with zero attached hydrogens (tertiary/aromatic N) is 3. The third kappa shape index (κ3) is 5.15. The van der Waals surface area contributed by atoms with Gasteiger partial charge in [-0.25, -0.2) is 5.01 Å². The second-order valence-corrected chi connectivity index (χ2v) is 10.3. The van der Waals surface area contributed by atoms with Crippen molar-refractivity contribution in [3.8, 4) is 11.1 Å². The third-order valence-corrected chi connectivity index (χ3v) is 7.16. The zero-order valence-corrected chi connectivity index (χ0v) is 22.3. The Kier molecular flexibility index (Phi) is 7.09. The number of hydrazone groups is 1. The minimum atomic E-state index is -1.02. The Morgan fingerprint density at radius 1 is 1.03 bits per heavy atom. The molecule has 1 atom stereocenters. The van der Waals surface area contributed by atoms with Crippen molar-refractivity contribution in [3.05, 3.63) is 99.1 Å². The van der Waals surface area contributed by atoms with Crippen LogP contribution in [-0.2, 0) is 9.59 Å². The molecule has 1 aliphatic rings. The Hall–Kier alpha value is -3.55. The molecule has 1 aliphatic heterocycles. The number of fused-ring (bicyclic) bond motifs is 1. The van der Waals surface area contributed by atoms with Gasteiger partial charge in [0.05, 0.1) is 23.7 Å². The smallest absolute Gasteiger partial charge is 0.303 e. The maximum absolute atomic E-state index is 13.2. The van der Waals surface area contributed by atoms with E-state index in [2.05, 4.69) is 15.9 Å². The first-order valence-electron chi connectivity index (χ1n) is 11.8. The molecule has 1 N–H and O–H groups in total. The van der Waals surface area contributed by atoms with Crippen molar-refractivity contribution in [1.29, 1.82) is 0 Å². The van der Waals surface area contributed by atoms with Gasteiger partial charge in [-0.1, -0.05) is 70.0 Å². The monoisotopic (exact) mass is 575 g/mol. The molecule has 1 unspecified atom stereocenters. The summed E-state index contributed by atoms with van der Waals surface area (Å²) in [5.41, 5.74) is 6.05. The van der Waals surface area contributed by atoms with Gasteiger partial charge in [-0.15, -0.1) is 0 Å². The van der Waals surface area contributed by atoms with Crippen molar-refractivity contribution >= 4 is 56.0 Å². The topological polar surface area (TPSA) is 82.9 Å². The number of halogens is 2. The highest BCUT2D eigenvalue weighted by Gasteiger charge is 2.35.